The highest BCUT2D eigenvalue weighted by Crippen LogP contribution is 2.35. The first-order valence-electron chi connectivity index (χ1n) is 7.74. The highest BCUT2D eigenvalue weighted by Gasteiger charge is 2.22. The van der Waals surface area contributed by atoms with E-state index in [1.807, 2.05) is 12.1 Å². The van der Waals surface area contributed by atoms with Gasteiger partial charge in [-0.05, 0) is 35.7 Å². The van der Waals surface area contributed by atoms with Gasteiger partial charge in [0.05, 0.1) is 30.4 Å². The van der Waals surface area contributed by atoms with E-state index >= 15 is 0 Å². The van der Waals surface area contributed by atoms with E-state index in [4.69, 9.17) is 9.47 Å². The van der Waals surface area contributed by atoms with Crippen LogP contribution in [0.1, 0.15) is 16.7 Å². The molecular weight excluding hydrogens is 322 g/mol. The minimum atomic E-state index is -0.493. The third-order valence-electron chi connectivity index (χ3n) is 4.37. The van der Waals surface area contributed by atoms with Gasteiger partial charge in [0.15, 0.2) is 11.5 Å². The van der Waals surface area contributed by atoms with Crippen molar-refractivity contribution in [3.8, 4) is 17.6 Å². The molecule has 0 saturated carbocycles. The van der Waals surface area contributed by atoms with E-state index in [-0.39, 0.29) is 5.69 Å². The summed E-state index contributed by atoms with van der Waals surface area (Å²) in [5, 5.41) is 20.3. The molecule has 1 aliphatic rings. The standard InChI is InChI=1S/C18H17N3O4/c1-24-17-8-12-5-6-20(11-14(12)9-18(17)25-2)16-4-3-15(21(22)23)7-13(16)10-19/h3-4,7-9H,5-6,11H2,1-2H3. The molecule has 25 heavy (non-hydrogen) atoms. The number of nitrogens with zero attached hydrogens (tertiary/aromatic N) is 3. The Morgan fingerprint density at radius 2 is 1.84 bits per heavy atom. The van der Waals surface area contributed by atoms with Crippen molar-refractivity contribution in [3.63, 3.8) is 0 Å². The van der Waals surface area contributed by atoms with E-state index in [1.165, 1.54) is 17.7 Å². The molecule has 0 aromatic heterocycles. The van der Waals surface area contributed by atoms with E-state index in [0.717, 1.165) is 18.5 Å². The summed E-state index contributed by atoms with van der Waals surface area (Å²) in [6.45, 7) is 1.32. The smallest absolute Gasteiger partial charge is 0.270 e. The van der Waals surface area contributed by atoms with Crippen LogP contribution < -0.4 is 14.4 Å². The maximum atomic E-state index is 10.9. The Balaban J connectivity index is 1.95. The molecule has 1 aliphatic heterocycles. The summed E-state index contributed by atoms with van der Waals surface area (Å²) >= 11 is 0. The van der Waals surface area contributed by atoms with Crippen LogP contribution in [0.25, 0.3) is 0 Å². The van der Waals surface area contributed by atoms with Crippen molar-refractivity contribution in [2.75, 3.05) is 25.7 Å². The average molecular weight is 339 g/mol. The zero-order chi connectivity index (χ0) is 18.0. The zero-order valence-electron chi connectivity index (χ0n) is 14.0. The summed E-state index contributed by atoms with van der Waals surface area (Å²) in [5.74, 6) is 1.36. The minimum Gasteiger partial charge on any atom is -0.493 e. The van der Waals surface area contributed by atoms with Gasteiger partial charge >= 0.3 is 0 Å². The lowest BCUT2D eigenvalue weighted by atomic mass is 9.97. The molecule has 0 saturated heterocycles. The number of anilines is 1. The van der Waals surface area contributed by atoms with Gasteiger partial charge in [0.25, 0.3) is 5.69 Å². The van der Waals surface area contributed by atoms with Crippen LogP contribution in [0.4, 0.5) is 11.4 Å². The second kappa shape index (κ2) is 6.69. The Bertz CT molecular complexity index is 873. The Morgan fingerprint density at radius 1 is 1.16 bits per heavy atom. The Morgan fingerprint density at radius 3 is 2.44 bits per heavy atom. The van der Waals surface area contributed by atoms with Crippen molar-refractivity contribution in [2.45, 2.75) is 13.0 Å². The molecule has 0 aliphatic carbocycles. The number of nitriles is 1. The summed E-state index contributed by atoms with van der Waals surface area (Å²) in [5.41, 5.74) is 3.19. The van der Waals surface area contributed by atoms with Crippen molar-refractivity contribution < 1.29 is 14.4 Å². The third-order valence-corrected chi connectivity index (χ3v) is 4.37. The van der Waals surface area contributed by atoms with Gasteiger partial charge in [-0.2, -0.15) is 5.26 Å². The molecule has 2 aromatic carbocycles. The maximum absolute atomic E-state index is 10.9. The minimum absolute atomic E-state index is 0.0795. The lowest BCUT2D eigenvalue weighted by Crippen LogP contribution is -2.31. The van der Waals surface area contributed by atoms with Crippen molar-refractivity contribution in [1.29, 1.82) is 5.26 Å². The number of fused-ring (bicyclic) bond motifs is 1. The molecule has 0 amide bonds. The van der Waals surface area contributed by atoms with Crippen LogP contribution in [0, 0.1) is 21.4 Å². The van der Waals surface area contributed by atoms with Gasteiger partial charge in [-0.3, -0.25) is 10.1 Å². The zero-order valence-corrected chi connectivity index (χ0v) is 14.0. The van der Waals surface area contributed by atoms with Gasteiger partial charge in [-0.25, -0.2) is 0 Å². The Kier molecular flexibility index (Phi) is 4.44. The van der Waals surface area contributed by atoms with Gasteiger partial charge < -0.3 is 14.4 Å². The number of ether oxygens (including phenoxy) is 2. The maximum Gasteiger partial charge on any atom is 0.270 e. The number of non-ortho nitro benzene ring substituents is 1. The molecule has 7 nitrogen and oxygen atoms in total. The topological polar surface area (TPSA) is 88.6 Å². The van der Waals surface area contributed by atoms with Crippen molar-refractivity contribution in [1.82, 2.24) is 0 Å². The second-order valence-corrected chi connectivity index (χ2v) is 5.72. The number of rotatable bonds is 4. The number of methoxy groups -OCH3 is 2. The summed E-state index contributed by atoms with van der Waals surface area (Å²) in [6.07, 6.45) is 0.789. The van der Waals surface area contributed by atoms with E-state index in [0.29, 0.717) is 29.3 Å². The first kappa shape index (κ1) is 16.6. The van der Waals surface area contributed by atoms with Gasteiger partial charge in [0.2, 0.25) is 0 Å². The first-order valence-corrected chi connectivity index (χ1v) is 7.74. The lowest BCUT2D eigenvalue weighted by molar-refractivity contribution is -0.384. The van der Waals surface area contributed by atoms with Crippen LogP contribution in [0.5, 0.6) is 11.5 Å². The Labute approximate surface area is 145 Å². The lowest BCUT2D eigenvalue weighted by Gasteiger charge is -2.31. The van der Waals surface area contributed by atoms with Crippen LogP contribution in [0.3, 0.4) is 0 Å². The SMILES string of the molecule is COc1cc2c(cc1OC)CN(c1ccc([N+](=O)[O-])cc1C#N)CC2. The van der Waals surface area contributed by atoms with Crippen molar-refractivity contribution in [2.24, 2.45) is 0 Å². The fraction of sp³-hybridized carbons (Fsp3) is 0.278. The van der Waals surface area contributed by atoms with Gasteiger partial charge in [0.1, 0.15) is 6.07 Å². The van der Waals surface area contributed by atoms with E-state index in [9.17, 15) is 15.4 Å². The molecule has 128 valence electrons. The largest absolute Gasteiger partial charge is 0.493 e. The number of nitro groups is 1. The monoisotopic (exact) mass is 339 g/mol. The van der Waals surface area contributed by atoms with Crippen LogP contribution >= 0.6 is 0 Å². The van der Waals surface area contributed by atoms with E-state index < -0.39 is 4.92 Å². The molecule has 2 aromatic rings. The normalized spacial score (nSPS) is 12.9. The molecule has 3 rings (SSSR count). The van der Waals surface area contributed by atoms with Crippen LogP contribution in [0.15, 0.2) is 30.3 Å². The summed E-state index contributed by atoms with van der Waals surface area (Å²) in [4.78, 5) is 12.5. The highest BCUT2D eigenvalue weighted by atomic mass is 16.6. The second-order valence-electron chi connectivity index (χ2n) is 5.72. The summed E-state index contributed by atoms with van der Waals surface area (Å²) in [6, 6.07) is 10.4. The molecule has 7 heteroatoms. The van der Waals surface area contributed by atoms with Gasteiger partial charge in [0, 0.05) is 25.2 Å². The first-order chi connectivity index (χ1) is 12.1. The number of benzene rings is 2. The predicted molar refractivity (Wildman–Crippen MR) is 92.1 cm³/mol. The molecule has 0 N–H and O–H groups in total. The highest BCUT2D eigenvalue weighted by molar-refractivity contribution is 5.64. The van der Waals surface area contributed by atoms with Crippen LogP contribution in [-0.4, -0.2) is 25.7 Å². The van der Waals surface area contributed by atoms with Crippen LogP contribution in [-0.2, 0) is 13.0 Å². The molecular formula is C18H17N3O4. The molecule has 0 atom stereocenters. The van der Waals surface area contributed by atoms with Crippen LogP contribution in [0.2, 0.25) is 0 Å². The average Bonchev–Trinajstić information content (AvgIpc) is 2.65. The van der Waals surface area contributed by atoms with Crippen molar-refractivity contribution >= 4 is 11.4 Å². The molecule has 0 fully saturated rings. The van der Waals surface area contributed by atoms with Gasteiger partial charge in [-0.1, -0.05) is 0 Å². The number of hydrogen-bond acceptors (Lipinski definition) is 6. The molecule has 0 radical (unpaired) electrons. The van der Waals surface area contributed by atoms with Crippen molar-refractivity contribution in [3.05, 3.63) is 57.1 Å². The molecule has 0 unspecified atom stereocenters. The fourth-order valence-corrected chi connectivity index (χ4v) is 3.09. The quantitative estimate of drug-likeness (QED) is 0.628. The fourth-order valence-electron chi connectivity index (χ4n) is 3.09. The molecule has 0 spiro atoms. The van der Waals surface area contributed by atoms with E-state index in [1.54, 1.807) is 20.3 Å². The molecule has 0 bridgehead atoms. The van der Waals surface area contributed by atoms with E-state index in [2.05, 4.69) is 11.0 Å². The third kappa shape index (κ3) is 3.06. The number of nitro benzene ring substituents is 1. The predicted octanol–water partition coefficient (Wildman–Crippen LogP) is 3.05. The summed E-state index contributed by atoms with van der Waals surface area (Å²) in [7, 11) is 3.20. The Hall–Kier alpha value is -3.27. The number of hydrogen-bond donors (Lipinski definition) is 0. The summed E-state index contributed by atoms with van der Waals surface area (Å²) < 4.78 is 10.7. The molecule has 1 heterocycles. The van der Waals surface area contributed by atoms with Gasteiger partial charge in [-0.15, -0.1) is 0 Å².